The Morgan fingerprint density at radius 2 is 0.750 bits per heavy atom. The van der Waals surface area contributed by atoms with Gasteiger partial charge in [0.2, 0.25) is 0 Å². The lowest BCUT2D eigenvalue weighted by Crippen LogP contribution is -2.44. The van der Waals surface area contributed by atoms with Crippen molar-refractivity contribution in [1.82, 2.24) is 9.13 Å². The molecule has 0 saturated heterocycles. The van der Waals surface area contributed by atoms with Gasteiger partial charge in [0, 0.05) is 56.7 Å². The van der Waals surface area contributed by atoms with E-state index in [1.54, 1.807) is 0 Å². The molecule has 0 aliphatic heterocycles. The van der Waals surface area contributed by atoms with Gasteiger partial charge in [0.1, 0.15) is 6.17 Å². The number of rotatable bonds is 28. The molecule has 0 atom stereocenters. The summed E-state index contributed by atoms with van der Waals surface area (Å²) >= 11 is 0. The molecule has 0 amide bonds. The van der Waals surface area contributed by atoms with Crippen LogP contribution in [0.2, 0.25) is 0 Å². The van der Waals surface area contributed by atoms with Crippen LogP contribution in [-0.2, 0) is 13.1 Å². The van der Waals surface area contributed by atoms with Gasteiger partial charge in [0.25, 0.3) is 0 Å². The van der Waals surface area contributed by atoms with E-state index in [0.717, 1.165) is 48.4 Å². The molecule has 0 N–H and O–H groups in total. The first-order chi connectivity index (χ1) is 33.7. The van der Waals surface area contributed by atoms with Crippen molar-refractivity contribution in [3.63, 3.8) is 0 Å². The van der Waals surface area contributed by atoms with Crippen LogP contribution >= 0.6 is 0 Å². The molecule has 6 nitrogen and oxygen atoms in total. The van der Waals surface area contributed by atoms with Crippen LogP contribution in [0.15, 0.2) is 156 Å². The molecule has 6 aromatic carbocycles. The highest BCUT2D eigenvalue weighted by Gasteiger charge is 2.26. The molecule has 354 valence electrons. The van der Waals surface area contributed by atoms with Crippen molar-refractivity contribution in [3.05, 3.63) is 157 Å². The van der Waals surface area contributed by atoms with Gasteiger partial charge in [-0.25, -0.2) is 10.0 Å². The maximum atomic E-state index is 5.48. The standard InChI is InChI=1S/C62H76N6/c1-4-7-10-13-14-15-24-39-62(67(52-31-20-18-21-32-52)63-48-50-40-42-60-56(46-50)54-35-25-27-37-58(54)65(60)44-29-16-11-8-5-2)68(53-33-22-19-23-34-53)64-49-51-41-43-61-57(47-51)55-36-26-28-38-59(55)66(61)45-30-17-12-9-6-3/h18-23,25-28,31-38,40-43,46-49,62H,4-17,24,29-30,39,44-45H2,1-3H3. The van der Waals surface area contributed by atoms with E-state index in [1.807, 2.05) is 0 Å². The number of para-hydroxylation sites is 4. The average Bonchev–Trinajstić information content (AvgIpc) is 3.87. The molecule has 0 saturated carbocycles. The second-order valence-corrected chi connectivity index (χ2v) is 19.0. The molecule has 0 aliphatic carbocycles. The Labute approximate surface area is 407 Å². The summed E-state index contributed by atoms with van der Waals surface area (Å²) in [5, 5.41) is 20.6. The maximum absolute atomic E-state index is 5.48. The Kier molecular flexibility index (Phi) is 18.0. The lowest BCUT2D eigenvalue weighted by Gasteiger charge is -2.36. The normalized spacial score (nSPS) is 12.5. The van der Waals surface area contributed by atoms with Crippen molar-refractivity contribution >= 4 is 67.4 Å². The monoisotopic (exact) mass is 905 g/mol. The highest BCUT2D eigenvalue weighted by atomic mass is 15.6. The number of hydrogen-bond donors (Lipinski definition) is 0. The Bertz CT molecular complexity index is 2630. The first-order valence-electron chi connectivity index (χ1n) is 26.5. The number of nitrogens with zero attached hydrogens (tertiary/aromatic N) is 6. The van der Waals surface area contributed by atoms with E-state index in [9.17, 15) is 0 Å². The number of aryl methyl sites for hydroxylation is 2. The van der Waals surface area contributed by atoms with Gasteiger partial charge in [-0.15, -0.1) is 0 Å². The fourth-order valence-corrected chi connectivity index (χ4v) is 10.2. The maximum Gasteiger partial charge on any atom is 0.144 e. The second-order valence-electron chi connectivity index (χ2n) is 19.0. The van der Waals surface area contributed by atoms with Crippen molar-refractivity contribution in [2.24, 2.45) is 10.2 Å². The van der Waals surface area contributed by atoms with Crippen LogP contribution in [0.1, 0.15) is 147 Å². The molecular weight excluding hydrogens is 829 g/mol. The van der Waals surface area contributed by atoms with Crippen LogP contribution in [0.4, 0.5) is 11.4 Å². The third-order valence-corrected chi connectivity index (χ3v) is 13.9. The van der Waals surface area contributed by atoms with Gasteiger partial charge in [-0.3, -0.25) is 0 Å². The minimum atomic E-state index is -0.195. The summed E-state index contributed by atoms with van der Waals surface area (Å²) in [5.74, 6) is 0. The van der Waals surface area contributed by atoms with E-state index in [0.29, 0.717) is 0 Å². The van der Waals surface area contributed by atoms with Crippen LogP contribution in [0, 0.1) is 0 Å². The Balaban J connectivity index is 1.15. The number of aromatic nitrogens is 2. The van der Waals surface area contributed by atoms with E-state index < -0.39 is 0 Å². The molecule has 0 aliphatic rings. The van der Waals surface area contributed by atoms with Crippen LogP contribution in [0.3, 0.4) is 0 Å². The van der Waals surface area contributed by atoms with E-state index in [4.69, 9.17) is 10.2 Å². The Morgan fingerprint density at radius 1 is 0.382 bits per heavy atom. The van der Waals surface area contributed by atoms with Crippen molar-refractivity contribution in [3.8, 4) is 0 Å². The smallest absolute Gasteiger partial charge is 0.144 e. The lowest BCUT2D eigenvalue weighted by molar-refractivity contribution is 0.491. The van der Waals surface area contributed by atoms with Gasteiger partial charge >= 0.3 is 0 Å². The van der Waals surface area contributed by atoms with Gasteiger partial charge < -0.3 is 9.13 Å². The third-order valence-electron chi connectivity index (χ3n) is 13.9. The van der Waals surface area contributed by atoms with Gasteiger partial charge in [-0.2, -0.15) is 10.2 Å². The van der Waals surface area contributed by atoms with E-state index in [2.05, 4.69) is 198 Å². The molecule has 6 heteroatoms. The summed E-state index contributed by atoms with van der Waals surface area (Å²) in [6.45, 7) is 8.94. The molecule has 8 rings (SSSR count). The first kappa shape index (κ1) is 48.3. The summed E-state index contributed by atoms with van der Waals surface area (Å²) in [7, 11) is 0. The lowest BCUT2D eigenvalue weighted by atomic mass is 10.1. The fourth-order valence-electron chi connectivity index (χ4n) is 10.2. The third kappa shape index (κ3) is 12.1. The first-order valence-corrected chi connectivity index (χ1v) is 26.5. The molecular formula is C62H76N6. The van der Waals surface area contributed by atoms with E-state index in [-0.39, 0.29) is 6.17 Å². The zero-order valence-electron chi connectivity index (χ0n) is 41.4. The van der Waals surface area contributed by atoms with Gasteiger partial charge in [-0.05, 0) is 97.5 Å². The van der Waals surface area contributed by atoms with Crippen LogP contribution < -0.4 is 10.0 Å². The predicted molar refractivity (Wildman–Crippen MR) is 296 cm³/mol. The molecule has 0 radical (unpaired) electrons. The summed E-state index contributed by atoms with van der Waals surface area (Å²) in [4.78, 5) is 0. The minimum absolute atomic E-state index is 0.195. The SMILES string of the molecule is CCCCCCCCCC(N(N=Cc1ccc2c(c1)c1ccccc1n2CCCCCCC)c1ccccc1)N(N=Cc1ccc2c(c1)c1ccccc1n2CCCCCCC)c1ccccc1. The topological polar surface area (TPSA) is 41.1 Å². The Hall–Kier alpha value is -6.14. The number of fused-ring (bicyclic) bond motifs is 6. The van der Waals surface area contributed by atoms with Crippen LogP contribution in [-0.4, -0.2) is 27.7 Å². The summed E-state index contributed by atoms with van der Waals surface area (Å²) in [6, 6.07) is 53.1. The van der Waals surface area contributed by atoms with Crippen LogP contribution in [0.25, 0.3) is 43.6 Å². The largest absolute Gasteiger partial charge is 0.340 e. The number of hydrogen-bond acceptors (Lipinski definition) is 4. The summed E-state index contributed by atoms with van der Waals surface area (Å²) in [5.41, 5.74) is 9.47. The summed E-state index contributed by atoms with van der Waals surface area (Å²) < 4.78 is 5.07. The molecule has 2 aromatic heterocycles. The molecule has 68 heavy (non-hydrogen) atoms. The fraction of sp³-hybridized carbons (Fsp3) is 0.387. The van der Waals surface area contributed by atoms with Crippen molar-refractivity contribution in [2.75, 3.05) is 10.0 Å². The van der Waals surface area contributed by atoms with Crippen molar-refractivity contribution < 1.29 is 0 Å². The number of anilines is 2. The zero-order chi connectivity index (χ0) is 46.8. The van der Waals surface area contributed by atoms with Crippen molar-refractivity contribution in [2.45, 2.75) is 156 Å². The molecule has 0 bridgehead atoms. The number of hydrazone groups is 2. The zero-order valence-corrected chi connectivity index (χ0v) is 41.4. The van der Waals surface area contributed by atoms with E-state index >= 15 is 0 Å². The minimum Gasteiger partial charge on any atom is -0.340 e. The summed E-state index contributed by atoms with van der Waals surface area (Å²) in [6.07, 6.45) is 26.2. The van der Waals surface area contributed by atoms with E-state index in [1.165, 1.54) is 146 Å². The molecule has 0 fully saturated rings. The second kappa shape index (κ2) is 25.3. The predicted octanol–water partition coefficient (Wildman–Crippen LogP) is 17.7. The molecule has 0 unspecified atom stereocenters. The quantitative estimate of drug-likeness (QED) is 0.0213. The molecule has 0 spiro atoms. The number of unbranched alkanes of at least 4 members (excludes halogenated alkanes) is 14. The number of benzene rings is 6. The molecule has 8 aromatic rings. The van der Waals surface area contributed by atoms with Crippen molar-refractivity contribution in [1.29, 1.82) is 0 Å². The van der Waals surface area contributed by atoms with Crippen LogP contribution in [0.5, 0.6) is 0 Å². The highest BCUT2D eigenvalue weighted by Crippen LogP contribution is 2.33. The Morgan fingerprint density at radius 3 is 1.19 bits per heavy atom. The highest BCUT2D eigenvalue weighted by molar-refractivity contribution is 6.10. The van der Waals surface area contributed by atoms with Gasteiger partial charge in [0.15, 0.2) is 0 Å². The average molecular weight is 905 g/mol. The molecule has 2 heterocycles. The van der Waals surface area contributed by atoms with Gasteiger partial charge in [-0.1, -0.05) is 196 Å². The van der Waals surface area contributed by atoms with Gasteiger partial charge in [0.05, 0.1) is 23.8 Å².